The minimum atomic E-state index is -0.817. The molecule has 2 aromatic carbocycles. The third-order valence-corrected chi connectivity index (χ3v) is 5.33. The number of hydrogen-bond donors (Lipinski definition) is 2. The van der Waals surface area contributed by atoms with Gasteiger partial charge in [-0.2, -0.15) is 0 Å². The number of nitrogens with zero attached hydrogens (tertiary/aromatic N) is 1. The van der Waals surface area contributed by atoms with Gasteiger partial charge in [0.2, 0.25) is 0 Å². The predicted octanol–water partition coefficient (Wildman–Crippen LogP) is 2.22. The number of hydrogen-bond acceptors (Lipinski definition) is 5. The molecule has 0 spiro atoms. The number of halogens is 1. The minimum Gasteiger partial charge on any atom is -0.465 e. The standard InChI is InChI=1S/C23H24FN3O5/c1-32-23(31)16-6-8-17(9-7-16)26-21(29)20(28)25-14-15-10-12-27(13-11-15)22(30)18-4-2-3-5-19(18)24/h2-9,15H,10-14H2,1H3,(H,25,28)(H,26,29). The van der Waals surface area contributed by atoms with Crippen LogP contribution in [0.5, 0.6) is 0 Å². The molecule has 1 aliphatic rings. The molecule has 168 valence electrons. The molecule has 0 bridgehead atoms. The van der Waals surface area contributed by atoms with Gasteiger partial charge in [-0.1, -0.05) is 12.1 Å². The number of likely N-dealkylation sites (tertiary alicyclic amines) is 1. The summed E-state index contributed by atoms with van der Waals surface area (Å²) in [7, 11) is 1.27. The zero-order valence-corrected chi connectivity index (χ0v) is 17.6. The van der Waals surface area contributed by atoms with Crippen LogP contribution in [0.3, 0.4) is 0 Å². The van der Waals surface area contributed by atoms with Gasteiger partial charge < -0.3 is 20.3 Å². The minimum absolute atomic E-state index is 0.0514. The summed E-state index contributed by atoms with van der Waals surface area (Å²) in [5, 5.41) is 5.07. The fourth-order valence-corrected chi connectivity index (χ4v) is 3.46. The Hall–Kier alpha value is -3.75. The number of rotatable bonds is 5. The van der Waals surface area contributed by atoms with E-state index in [9.17, 15) is 23.6 Å². The van der Waals surface area contributed by atoms with Crippen LogP contribution in [0.1, 0.15) is 33.6 Å². The first kappa shape index (κ1) is 22.9. The fraction of sp³-hybridized carbons (Fsp3) is 0.304. The molecule has 2 aromatic rings. The van der Waals surface area contributed by atoms with Crippen molar-refractivity contribution in [2.75, 3.05) is 32.1 Å². The van der Waals surface area contributed by atoms with Gasteiger partial charge in [-0.05, 0) is 55.2 Å². The van der Waals surface area contributed by atoms with Crippen molar-refractivity contribution in [1.82, 2.24) is 10.2 Å². The van der Waals surface area contributed by atoms with Crippen LogP contribution in [0, 0.1) is 11.7 Å². The van der Waals surface area contributed by atoms with E-state index in [1.54, 1.807) is 11.0 Å². The highest BCUT2D eigenvalue weighted by molar-refractivity contribution is 6.39. The highest BCUT2D eigenvalue weighted by atomic mass is 19.1. The van der Waals surface area contributed by atoms with Crippen molar-refractivity contribution in [3.05, 3.63) is 65.5 Å². The summed E-state index contributed by atoms with van der Waals surface area (Å²) in [5.74, 6) is -2.87. The lowest BCUT2D eigenvalue weighted by Crippen LogP contribution is -2.43. The normalized spacial score (nSPS) is 13.9. The zero-order valence-electron chi connectivity index (χ0n) is 17.6. The average Bonchev–Trinajstić information content (AvgIpc) is 2.82. The van der Waals surface area contributed by atoms with E-state index in [-0.39, 0.29) is 17.4 Å². The number of ether oxygens (including phenoxy) is 1. The largest absolute Gasteiger partial charge is 0.465 e. The average molecular weight is 441 g/mol. The molecule has 1 aliphatic heterocycles. The lowest BCUT2D eigenvalue weighted by molar-refractivity contribution is -0.136. The van der Waals surface area contributed by atoms with Gasteiger partial charge >= 0.3 is 17.8 Å². The maximum absolute atomic E-state index is 13.8. The topological polar surface area (TPSA) is 105 Å². The lowest BCUT2D eigenvalue weighted by atomic mass is 9.96. The number of benzene rings is 2. The number of amides is 3. The maximum atomic E-state index is 13.8. The van der Waals surface area contributed by atoms with Crippen LogP contribution in [-0.4, -0.2) is 55.3 Å². The Morgan fingerprint density at radius 1 is 1.00 bits per heavy atom. The van der Waals surface area contributed by atoms with Crippen LogP contribution in [0.25, 0.3) is 0 Å². The van der Waals surface area contributed by atoms with Crippen molar-refractivity contribution in [3.8, 4) is 0 Å². The summed E-state index contributed by atoms with van der Waals surface area (Å²) in [6.07, 6.45) is 1.27. The molecule has 0 saturated carbocycles. The first-order valence-electron chi connectivity index (χ1n) is 10.2. The van der Waals surface area contributed by atoms with Crippen LogP contribution >= 0.6 is 0 Å². The molecular formula is C23H24FN3O5. The smallest absolute Gasteiger partial charge is 0.337 e. The number of nitrogens with one attached hydrogen (secondary N) is 2. The molecule has 0 aromatic heterocycles. The van der Waals surface area contributed by atoms with E-state index in [1.165, 1.54) is 49.6 Å². The van der Waals surface area contributed by atoms with Crippen LogP contribution < -0.4 is 10.6 Å². The lowest BCUT2D eigenvalue weighted by Gasteiger charge is -2.32. The van der Waals surface area contributed by atoms with Crippen LogP contribution in [0.4, 0.5) is 10.1 Å². The van der Waals surface area contributed by atoms with Crippen molar-refractivity contribution in [2.45, 2.75) is 12.8 Å². The molecule has 1 saturated heterocycles. The monoisotopic (exact) mass is 441 g/mol. The van der Waals surface area contributed by atoms with E-state index in [2.05, 4.69) is 15.4 Å². The van der Waals surface area contributed by atoms with Crippen molar-refractivity contribution >= 4 is 29.4 Å². The Morgan fingerprint density at radius 3 is 2.28 bits per heavy atom. The summed E-state index contributed by atoms with van der Waals surface area (Å²) < 4.78 is 18.4. The molecule has 9 heteroatoms. The van der Waals surface area contributed by atoms with E-state index in [0.29, 0.717) is 43.7 Å². The molecular weight excluding hydrogens is 417 g/mol. The summed E-state index contributed by atoms with van der Waals surface area (Å²) >= 11 is 0. The van der Waals surface area contributed by atoms with Gasteiger partial charge in [0.15, 0.2) is 0 Å². The summed E-state index contributed by atoms with van der Waals surface area (Å²) in [6.45, 7) is 1.20. The molecule has 1 heterocycles. The second-order valence-electron chi connectivity index (χ2n) is 7.45. The number of carbonyl (C=O) groups excluding carboxylic acids is 4. The second-order valence-corrected chi connectivity index (χ2v) is 7.45. The summed E-state index contributed by atoms with van der Waals surface area (Å²) in [6, 6.07) is 11.8. The van der Waals surface area contributed by atoms with Crippen LogP contribution in [0.2, 0.25) is 0 Å². The van der Waals surface area contributed by atoms with Crippen molar-refractivity contribution in [1.29, 1.82) is 0 Å². The predicted molar refractivity (Wildman–Crippen MR) is 114 cm³/mol. The number of piperidine rings is 1. The molecule has 3 amide bonds. The van der Waals surface area contributed by atoms with E-state index in [0.717, 1.165) is 0 Å². The van der Waals surface area contributed by atoms with E-state index in [4.69, 9.17) is 0 Å². The SMILES string of the molecule is COC(=O)c1ccc(NC(=O)C(=O)NCC2CCN(C(=O)c3ccccc3F)CC2)cc1. The molecule has 3 rings (SSSR count). The van der Waals surface area contributed by atoms with Crippen molar-refractivity contribution < 1.29 is 28.3 Å². The van der Waals surface area contributed by atoms with Gasteiger partial charge in [0.05, 0.1) is 18.2 Å². The molecule has 8 nitrogen and oxygen atoms in total. The van der Waals surface area contributed by atoms with Crippen LogP contribution in [0.15, 0.2) is 48.5 Å². The fourth-order valence-electron chi connectivity index (χ4n) is 3.46. The van der Waals surface area contributed by atoms with Gasteiger partial charge in [0.25, 0.3) is 5.91 Å². The van der Waals surface area contributed by atoms with Gasteiger partial charge in [0, 0.05) is 25.3 Å². The Morgan fingerprint density at radius 2 is 1.66 bits per heavy atom. The molecule has 2 N–H and O–H groups in total. The Bertz CT molecular complexity index is 1000. The van der Waals surface area contributed by atoms with E-state index >= 15 is 0 Å². The number of anilines is 1. The Balaban J connectivity index is 1.42. The van der Waals surface area contributed by atoms with Gasteiger partial charge in [-0.25, -0.2) is 9.18 Å². The first-order valence-corrected chi connectivity index (χ1v) is 10.2. The van der Waals surface area contributed by atoms with Crippen molar-refractivity contribution in [3.63, 3.8) is 0 Å². The third-order valence-electron chi connectivity index (χ3n) is 5.33. The highest BCUT2D eigenvalue weighted by Gasteiger charge is 2.26. The van der Waals surface area contributed by atoms with Gasteiger partial charge in [-0.3, -0.25) is 14.4 Å². The van der Waals surface area contributed by atoms with Crippen molar-refractivity contribution in [2.24, 2.45) is 5.92 Å². The van der Waals surface area contributed by atoms with Crippen LogP contribution in [-0.2, 0) is 14.3 Å². The molecule has 1 fully saturated rings. The summed E-state index contributed by atoms with van der Waals surface area (Å²) in [4.78, 5) is 49.7. The number of carbonyl (C=O) groups is 4. The molecule has 0 atom stereocenters. The number of esters is 1. The van der Waals surface area contributed by atoms with Gasteiger partial charge in [-0.15, -0.1) is 0 Å². The zero-order chi connectivity index (χ0) is 23.1. The Labute approximate surface area is 184 Å². The molecule has 0 aliphatic carbocycles. The van der Waals surface area contributed by atoms with E-state index < -0.39 is 23.6 Å². The first-order chi connectivity index (χ1) is 15.4. The quantitative estimate of drug-likeness (QED) is 0.547. The maximum Gasteiger partial charge on any atom is 0.337 e. The van der Waals surface area contributed by atoms with Gasteiger partial charge in [0.1, 0.15) is 5.82 Å². The third kappa shape index (κ3) is 5.69. The Kier molecular flexibility index (Phi) is 7.54. The molecule has 0 unspecified atom stereocenters. The molecule has 0 radical (unpaired) electrons. The second kappa shape index (κ2) is 10.5. The molecule has 32 heavy (non-hydrogen) atoms. The highest BCUT2D eigenvalue weighted by Crippen LogP contribution is 2.19. The number of methoxy groups -OCH3 is 1. The summed E-state index contributed by atoms with van der Waals surface area (Å²) in [5.41, 5.74) is 0.753. The van der Waals surface area contributed by atoms with E-state index in [1.807, 2.05) is 0 Å².